The molecular formula is C18H21N3O3. The molecule has 2 aromatic rings. The smallest absolute Gasteiger partial charge is 0.269 e. The average Bonchev–Trinajstić information content (AvgIpc) is 2.53. The van der Waals surface area contributed by atoms with Crippen molar-refractivity contribution in [2.75, 3.05) is 11.4 Å². The quantitative estimate of drug-likeness (QED) is 0.621. The van der Waals surface area contributed by atoms with E-state index >= 15 is 0 Å². The summed E-state index contributed by atoms with van der Waals surface area (Å²) in [6, 6.07) is 9.72. The monoisotopic (exact) mass is 327 g/mol. The fourth-order valence-electron chi connectivity index (χ4n) is 2.32. The van der Waals surface area contributed by atoms with Gasteiger partial charge in [-0.1, -0.05) is 32.9 Å². The van der Waals surface area contributed by atoms with Crippen LogP contribution < -0.4 is 4.90 Å². The molecule has 6 heteroatoms. The average molecular weight is 327 g/mol. The number of rotatable bonds is 5. The maximum atomic E-state index is 12.8. The van der Waals surface area contributed by atoms with E-state index in [0.29, 0.717) is 6.54 Å². The van der Waals surface area contributed by atoms with E-state index in [4.69, 9.17) is 0 Å². The highest BCUT2D eigenvalue weighted by Gasteiger charge is 2.23. The Balaban J connectivity index is 2.20. The van der Waals surface area contributed by atoms with Gasteiger partial charge in [-0.05, 0) is 23.1 Å². The topological polar surface area (TPSA) is 76.3 Å². The molecule has 24 heavy (non-hydrogen) atoms. The Morgan fingerprint density at radius 2 is 1.88 bits per heavy atom. The van der Waals surface area contributed by atoms with E-state index in [1.807, 2.05) is 6.07 Å². The summed E-state index contributed by atoms with van der Waals surface area (Å²) >= 11 is 0. The molecule has 0 N–H and O–H groups in total. The minimum Gasteiger partial charge on any atom is -0.310 e. The molecule has 1 aromatic heterocycles. The van der Waals surface area contributed by atoms with Crippen molar-refractivity contribution < 1.29 is 9.72 Å². The van der Waals surface area contributed by atoms with Gasteiger partial charge in [-0.2, -0.15) is 0 Å². The number of nitro benzene ring substituents is 1. The van der Waals surface area contributed by atoms with Gasteiger partial charge in [-0.25, -0.2) is 0 Å². The van der Waals surface area contributed by atoms with Gasteiger partial charge in [0.15, 0.2) is 0 Å². The molecule has 126 valence electrons. The largest absolute Gasteiger partial charge is 0.310 e. The third-order valence-corrected chi connectivity index (χ3v) is 3.39. The van der Waals surface area contributed by atoms with E-state index < -0.39 is 4.92 Å². The summed E-state index contributed by atoms with van der Waals surface area (Å²) < 4.78 is 0. The van der Waals surface area contributed by atoms with Crippen LogP contribution in [0.4, 0.5) is 11.4 Å². The molecule has 0 bridgehead atoms. The first kappa shape index (κ1) is 17.6. The Kier molecular flexibility index (Phi) is 5.28. The second-order valence-corrected chi connectivity index (χ2v) is 6.85. The van der Waals surface area contributed by atoms with Crippen molar-refractivity contribution in [3.63, 3.8) is 0 Å². The van der Waals surface area contributed by atoms with Gasteiger partial charge in [0.25, 0.3) is 5.69 Å². The van der Waals surface area contributed by atoms with E-state index in [-0.39, 0.29) is 23.4 Å². The zero-order valence-corrected chi connectivity index (χ0v) is 14.1. The minimum absolute atomic E-state index is 0.0185. The van der Waals surface area contributed by atoms with Crippen molar-refractivity contribution >= 4 is 17.3 Å². The number of pyridine rings is 1. The van der Waals surface area contributed by atoms with Crippen LogP contribution in [0.25, 0.3) is 0 Å². The summed E-state index contributed by atoms with van der Waals surface area (Å²) in [7, 11) is 0. The molecule has 0 saturated carbocycles. The van der Waals surface area contributed by atoms with Gasteiger partial charge in [-0.15, -0.1) is 0 Å². The number of carbonyl (C=O) groups is 1. The highest BCUT2D eigenvalue weighted by Crippen LogP contribution is 2.22. The number of hydrogen-bond acceptors (Lipinski definition) is 4. The number of aromatic nitrogens is 1. The first-order valence-corrected chi connectivity index (χ1v) is 7.70. The van der Waals surface area contributed by atoms with Gasteiger partial charge in [-0.3, -0.25) is 19.9 Å². The summed E-state index contributed by atoms with van der Waals surface area (Å²) in [6.45, 7) is 6.76. The van der Waals surface area contributed by atoms with Crippen molar-refractivity contribution in [3.05, 3.63) is 64.5 Å². The molecule has 6 nitrogen and oxygen atoms in total. The summed E-state index contributed by atoms with van der Waals surface area (Å²) in [5.41, 5.74) is 1.44. The molecule has 1 amide bonds. The van der Waals surface area contributed by atoms with Gasteiger partial charge in [0.05, 0.1) is 23.2 Å². The fraction of sp³-hybridized carbons (Fsp3) is 0.333. The molecule has 0 spiro atoms. The first-order chi connectivity index (χ1) is 11.3. The fourth-order valence-corrected chi connectivity index (χ4v) is 2.32. The van der Waals surface area contributed by atoms with Crippen LogP contribution in [0.15, 0.2) is 48.8 Å². The maximum Gasteiger partial charge on any atom is 0.269 e. The highest BCUT2D eigenvalue weighted by atomic mass is 16.6. The van der Waals surface area contributed by atoms with Crippen LogP contribution in [-0.2, 0) is 11.2 Å². The summed E-state index contributed by atoms with van der Waals surface area (Å²) in [5.74, 6) is -0.0632. The lowest BCUT2D eigenvalue weighted by Crippen LogP contribution is -2.38. The van der Waals surface area contributed by atoms with Crippen LogP contribution in [0.1, 0.15) is 26.3 Å². The molecule has 0 aliphatic rings. The van der Waals surface area contributed by atoms with Crippen LogP contribution in [0.5, 0.6) is 0 Å². The lowest BCUT2D eigenvalue weighted by Gasteiger charge is -2.30. The first-order valence-electron chi connectivity index (χ1n) is 7.70. The molecule has 0 fully saturated rings. The number of anilines is 1. The van der Waals surface area contributed by atoms with Gasteiger partial charge in [0.1, 0.15) is 0 Å². The molecule has 1 heterocycles. The van der Waals surface area contributed by atoms with E-state index in [2.05, 4.69) is 25.8 Å². The molecule has 0 radical (unpaired) electrons. The third kappa shape index (κ3) is 4.87. The Morgan fingerprint density at radius 1 is 1.21 bits per heavy atom. The molecule has 0 aliphatic carbocycles. The van der Waals surface area contributed by atoms with Crippen LogP contribution in [-0.4, -0.2) is 22.4 Å². The zero-order valence-electron chi connectivity index (χ0n) is 14.1. The molecule has 0 aliphatic heterocycles. The van der Waals surface area contributed by atoms with Crippen molar-refractivity contribution in [2.45, 2.75) is 27.2 Å². The Bertz CT molecular complexity index is 707. The van der Waals surface area contributed by atoms with Gasteiger partial charge in [0.2, 0.25) is 5.91 Å². The Morgan fingerprint density at radius 3 is 2.38 bits per heavy atom. The van der Waals surface area contributed by atoms with Crippen LogP contribution in [0, 0.1) is 15.5 Å². The normalized spacial score (nSPS) is 11.1. The summed E-state index contributed by atoms with van der Waals surface area (Å²) in [5, 5.41) is 10.7. The SMILES string of the molecule is CC(C)(C)CN(C(=O)Cc1ccc([N+](=O)[O-])cc1)c1cccnc1. The Labute approximate surface area is 141 Å². The number of carbonyl (C=O) groups excluding carboxylic acids is 1. The maximum absolute atomic E-state index is 12.8. The van der Waals surface area contributed by atoms with Crippen molar-refractivity contribution in [1.29, 1.82) is 0 Å². The van der Waals surface area contributed by atoms with E-state index in [1.165, 1.54) is 12.1 Å². The van der Waals surface area contributed by atoms with Crippen LogP contribution in [0.3, 0.4) is 0 Å². The molecular weight excluding hydrogens is 306 g/mol. The van der Waals surface area contributed by atoms with Gasteiger partial charge in [0, 0.05) is 24.9 Å². The van der Waals surface area contributed by atoms with Crippen molar-refractivity contribution in [1.82, 2.24) is 4.98 Å². The highest BCUT2D eigenvalue weighted by molar-refractivity contribution is 5.94. The molecule has 2 rings (SSSR count). The third-order valence-electron chi connectivity index (χ3n) is 3.39. The number of nitro groups is 1. The number of amides is 1. The molecule has 0 atom stereocenters. The predicted octanol–water partition coefficient (Wildman–Crippen LogP) is 3.61. The number of non-ortho nitro benzene ring substituents is 1. The summed E-state index contributed by atoms with van der Waals surface area (Å²) in [6.07, 6.45) is 3.52. The van der Waals surface area contributed by atoms with Crippen LogP contribution >= 0.6 is 0 Å². The molecule has 0 unspecified atom stereocenters. The summed E-state index contributed by atoms with van der Waals surface area (Å²) in [4.78, 5) is 28.8. The van der Waals surface area contributed by atoms with E-state index in [0.717, 1.165) is 11.3 Å². The number of benzene rings is 1. The second-order valence-electron chi connectivity index (χ2n) is 6.85. The minimum atomic E-state index is -0.451. The van der Waals surface area contributed by atoms with E-state index in [1.54, 1.807) is 35.5 Å². The molecule has 1 aromatic carbocycles. The lowest BCUT2D eigenvalue weighted by molar-refractivity contribution is -0.384. The molecule has 0 saturated heterocycles. The Hall–Kier alpha value is -2.76. The van der Waals surface area contributed by atoms with Gasteiger partial charge >= 0.3 is 0 Å². The lowest BCUT2D eigenvalue weighted by atomic mass is 9.95. The standard InChI is InChI=1S/C18H21N3O3/c1-18(2,3)13-20(16-5-4-10-19-12-16)17(22)11-14-6-8-15(9-7-14)21(23)24/h4-10,12H,11,13H2,1-3H3. The van der Waals surface area contributed by atoms with E-state index in [9.17, 15) is 14.9 Å². The number of nitrogens with zero attached hydrogens (tertiary/aromatic N) is 3. The van der Waals surface area contributed by atoms with Crippen LogP contribution in [0.2, 0.25) is 0 Å². The van der Waals surface area contributed by atoms with Crippen molar-refractivity contribution in [2.24, 2.45) is 5.41 Å². The number of hydrogen-bond donors (Lipinski definition) is 0. The zero-order chi connectivity index (χ0) is 17.7. The predicted molar refractivity (Wildman–Crippen MR) is 92.8 cm³/mol. The van der Waals surface area contributed by atoms with Crippen molar-refractivity contribution in [3.8, 4) is 0 Å². The van der Waals surface area contributed by atoms with Gasteiger partial charge < -0.3 is 4.90 Å². The second kappa shape index (κ2) is 7.21.